The van der Waals surface area contributed by atoms with Gasteiger partial charge in [0.25, 0.3) is 10.0 Å². The third-order valence-corrected chi connectivity index (χ3v) is 9.41. The summed E-state index contributed by atoms with van der Waals surface area (Å²) >= 11 is 15.8. The Labute approximate surface area is 261 Å². The van der Waals surface area contributed by atoms with E-state index >= 15 is 0 Å². The molecule has 0 saturated heterocycles. The summed E-state index contributed by atoms with van der Waals surface area (Å²) in [6.07, 6.45) is 0.318. The first-order valence-electron chi connectivity index (χ1n) is 13.2. The highest BCUT2D eigenvalue weighted by molar-refractivity contribution is 9.10. The Morgan fingerprint density at radius 2 is 1.66 bits per heavy atom. The van der Waals surface area contributed by atoms with Crippen LogP contribution >= 0.6 is 39.1 Å². The largest absolute Gasteiger partial charge is 0.354 e. The maximum Gasteiger partial charge on any atom is 0.264 e. The van der Waals surface area contributed by atoms with E-state index in [0.29, 0.717) is 38.7 Å². The molecule has 1 N–H and O–H groups in total. The van der Waals surface area contributed by atoms with E-state index in [4.69, 9.17) is 23.2 Å². The molecule has 11 heteroatoms. The third-order valence-electron chi connectivity index (χ3n) is 6.39. The number of sulfonamides is 1. The lowest BCUT2D eigenvalue weighted by molar-refractivity contribution is -0.140. The molecule has 7 nitrogen and oxygen atoms in total. The molecule has 2 amide bonds. The van der Waals surface area contributed by atoms with Crippen LogP contribution in [0.2, 0.25) is 10.0 Å². The van der Waals surface area contributed by atoms with Gasteiger partial charge in [0.05, 0.1) is 20.6 Å². The monoisotopic (exact) mass is 681 g/mol. The number of hydrogen-bond donors (Lipinski definition) is 1. The van der Waals surface area contributed by atoms with Crippen molar-refractivity contribution in [1.29, 1.82) is 0 Å². The minimum atomic E-state index is -4.15. The molecule has 0 unspecified atom stereocenters. The summed E-state index contributed by atoms with van der Waals surface area (Å²) < 4.78 is 29.6. The van der Waals surface area contributed by atoms with E-state index in [1.807, 2.05) is 27.7 Å². The molecule has 0 radical (unpaired) electrons. The first kappa shape index (κ1) is 32.9. The zero-order valence-corrected chi connectivity index (χ0v) is 27.3. The van der Waals surface area contributed by atoms with Crippen LogP contribution in [0.25, 0.3) is 0 Å². The van der Waals surface area contributed by atoms with Gasteiger partial charge in [-0.25, -0.2) is 8.42 Å². The number of rotatable bonds is 12. The SMILES string of the molecule is CC[C@H](C(=O)NCC(C)C)N(Cc1ccc(Cl)c(Cl)c1)C(=O)CN(c1cccc(Br)c1)S(=O)(=O)c1ccc(C)cc1. The van der Waals surface area contributed by atoms with Crippen molar-refractivity contribution in [2.24, 2.45) is 5.92 Å². The number of halogens is 3. The highest BCUT2D eigenvalue weighted by atomic mass is 79.9. The van der Waals surface area contributed by atoms with Crippen LogP contribution in [0.5, 0.6) is 0 Å². The van der Waals surface area contributed by atoms with Crippen LogP contribution in [-0.4, -0.2) is 44.3 Å². The highest BCUT2D eigenvalue weighted by Crippen LogP contribution is 2.28. The molecule has 0 aromatic heterocycles. The van der Waals surface area contributed by atoms with Gasteiger partial charge < -0.3 is 10.2 Å². The number of anilines is 1. The normalized spacial score (nSPS) is 12.2. The van der Waals surface area contributed by atoms with Crippen LogP contribution < -0.4 is 9.62 Å². The summed E-state index contributed by atoms with van der Waals surface area (Å²) in [7, 11) is -4.15. The fraction of sp³-hybridized carbons (Fsp3) is 0.333. The van der Waals surface area contributed by atoms with Crippen LogP contribution in [0, 0.1) is 12.8 Å². The van der Waals surface area contributed by atoms with E-state index in [1.54, 1.807) is 54.6 Å². The van der Waals surface area contributed by atoms with Crippen LogP contribution in [-0.2, 0) is 26.2 Å². The number of aryl methyl sites for hydroxylation is 1. The summed E-state index contributed by atoms with van der Waals surface area (Å²) in [6.45, 7) is 7.57. The number of carbonyl (C=O) groups is 2. The van der Waals surface area contributed by atoms with E-state index in [0.717, 1.165) is 9.87 Å². The molecular weight excluding hydrogens is 649 g/mol. The predicted molar refractivity (Wildman–Crippen MR) is 169 cm³/mol. The Balaban J connectivity index is 2.06. The lowest BCUT2D eigenvalue weighted by Crippen LogP contribution is -2.52. The maximum absolute atomic E-state index is 14.1. The summed E-state index contributed by atoms with van der Waals surface area (Å²) in [5.74, 6) is -0.648. The van der Waals surface area contributed by atoms with E-state index < -0.39 is 28.5 Å². The lowest BCUT2D eigenvalue weighted by Gasteiger charge is -2.33. The van der Waals surface area contributed by atoms with Crippen molar-refractivity contribution < 1.29 is 18.0 Å². The molecule has 3 rings (SSSR count). The molecule has 0 aliphatic rings. The van der Waals surface area contributed by atoms with Crippen LogP contribution in [0.1, 0.15) is 38.3 Å². The van der Waals surface area contributed by atoms with E-state index in [1.165, 1.54) is 17.0 Å². The number of nitrogens with one attached hydrogen (secondary N) is 1. The minimum absolute atomic E-state index is 0.0280. The highest BCUT2D eigenvalue weighted by Gasteiger charge is 2.33. The van der Waals surface area contributed by atoms with Gasteiger partial charge in [0.2, 0.25) is 11.8 Å². The van der Waals surface area contributed by atoms with Crippen molar-refractivity contribution in [2.45, 2.75) is 51.6 Å². The van der Waals surface area contributed by atoms with Gasteiger partial charge in [0.1, 0.15) is 12.6 Å². The van der Waals surface area contributed by atoms with E-state index in [2.05, 4.69) is 21.2 Å². The molecular formula is C30H34BrCl2N3O4S. The standard InChI is InChI=1S/C30H34BrCl2N3O4S/c1-5-28(30(38)34-17-20(2)3)35(18-22-11-14-26(32)27(33)15-22)29(37)19-36(24-8-6-7-23(31)16-24)41(39,40)25-12-9-21(4)10-13-25/h6-16,20,28H,5,17-19H2,1-4H3,(H,34,38)/t28-/m1/s1. The molecule has 0 spiro atoms. The zero-order valence-electron chi connectivity index (χ0n) is 23.4. The molecule has 0 heterocycles. The number of carbonyl (C=O) groups excluding carboxylic acids is 2. The maximum atomic E-state index is 14.1. The van der Waals surface area contributed by atoms with Crippen molar-refractivity contribution >= 4 is 66.7 Å². The Morgan fingerprint density at radius 1 is 0.976 bits per heavy atom. The van der Waals surface area contributed by atoms with E-state index in [-0.39, 0.29) is 23.3 Å². The molecule has 41 heavy (non-hydrogen) atoms. The van der Waals surface area contributed by atoms with Crippen molar-refractivity contribution in [3.05, 3.63) is 92.4 Å². The fourth-order valence-corrected chi connectivity index (χ4v) is 6.29. The summed E-state index contributed by atoms with van der Waals surface area (Å²) in [6, 6.07) is 17.3. The molecule has 0 bridgehead atoms. The van der Waals surface area contributed by atoms with Gasteiger partial charge in [-0.3, -0.25) is 13.9 Å². The molecule has 1 atom stereocenters. The average molecular weight is 683 g/mol. The van der Waals surface area contributed by atoms with E-state index in [9.17, 15) is 18.0 Å². The molecule has 0 aliphatic carbocycles. The van der Waals surface area contributed by atoms with Crippen molar-refractivity contribution in [1.82, 2.24) is 10.2 Å². The van der Waals surface area contributed by atoms with Gasteiger partial charge in [0, 0.05) is 17.6 Å². The number of benzene rings is 3. The quantitative estimate of drug-likeness (QED) is 0.227. The van der Waals surface area contributed by atoms with Gasteiger partial charge in [-0.05, 0) is 67.3 Å². The average Bonchev–Trinajstić information content (AvgIpc) is 2.92. The molecule has 0 aliphatic heterocycles. The topological polar surface area (TPSA) is 86.8 Å². The fourth-order valence-electron chi connectivity index (χ4n) is 4.17. The summed E-state index contributed by atoms with van der Waals surface area (Å²) in [5.41, 5.74) is 1.86. The Kier molecular flexibility index (Phi) is 11.7. The molecule has 220 valence electrons. The Hall–Kier alpha value is -2.59. The Bertz CT molecular complexity index is 1480. The molecule has 3 aromatic carbocycles. The van der Waals surface area contributed by atoms with Gasteiger partial charge in [-0.15, -0.1) is 0 Å². The first-order valence-corrected chi connectivity index (χ1v) is 16.2. The van der Waals surface area contributed by atoms with Crippen LogP contribution in [0.15, 0.2) is 76.1 Å². The molecule has 0 saturated carbocycles. The number of nitrogens with zero attached hydrogens (tertiary/aromatic N) is 2. The van der Waals surface area contributed by atoms with Crippen LogP contribution in [0.4, 0.5) is 5.69 Å². The zero-order chi connectivity index (χ0) is 30.3. The van der Waals surface area contributed by atoms with Gasteiger partial charge in [0.15, 0.2) is 0 Å². The van der Waals surface area contributed by atoms with Crippen LogP contribution in [0.3, 0.4) is 0 Å². The van der Waals surface area contributed by atoms with Gasteiger partial charge in [-0.2, -0.15) is 0 Å². The summed E-state index contributed by atoms with van der Waals surface area (Å²) in [4.78, 5) is 28.9. The number of amides is 2. The summed E-state index contributed by atoms with van der Waals surface area (Å²) in [5, 5.41) is 3.58. The predicted octanol–water partition coefficient (Wildman–Crippen LogP) is 6.84. The van der Waals surface area contributed by atoms with Gasteiger partial charge >= 0.3 is 0 Å². The lowest BCUT2D eigenvalue weighted by atomic mass is 10.1. The second kappa shape index (κ2) is 14.5. The van der Waals surface area contributed by atoms with Crippen molar-refractivity contribution in [3.8, 4) is 0 Å². The minimum Gasteiger partial charge on any atom is -0.354 e. The van der Waals surface area contributed by atoms with Crippen molar-refractivity contribution in [3.63, 3.8) is 0 Å². The van der Waals surface area contributed by atoms with Crippen molar-refractivity contribution in [2.75, 3.05) is 17.4 Å². The third kappa shape index (κ3) is 8.70. The molecule has 0 fully saturated rings. The second-order valence-corrected chi connectivity index (χ2v) is 13.7. The second-order valence-electron chi connectivity index (χ2n) is 10.1. The van der Waals surface area contributed by atoms with Gasteiger partial charge in [-0.1, -0.05) is 89.7 Å². The Morgan fingerprint density at radius 3 is 2.24 bits per heavy atom. The number of hydrogen-bond acceptors (Lipinski definition) is 4. The first-order chi connectivity index (χ1) is 19.3. The smallest absolute Gasteiger partial charge is 0.264 e. The molecule has 3 aromatic rings.